The third-order valence-corrected chi connectivity index (χ3v) is 3.83. The maximum absolute atomic E-state index is 12.3. The zero-order chi connectivity index (χ0) is 15.6. The highest BCUT2D eigenvalue weighted by Crippen LogP contribution is 2.36. The first-order valence-electron chi connectivity index (χ1n) is 6.22. The molecular weight excluding hydrogens is 305 g/mol. The van der Waals surface area contributed by atoms with Crippen LogP contribution in [0, 0.1) is 0 Å². The topological polar surface area (TPSA) is 49.4 Å². The highest BCUT2D eigenvalue weighted by molar-refractivity contribution is 8.00. The Morgan fingerprint density at radius 3 is 2.52 bits per heavy atom. The van der Waals surface area contributed by atoms with Crippen molar-refractivity contribution in [2.45, 2.75) is 23.4 Å². The van der Waals surface area contributed by atoms with Crippen molar-refractivity contribution in [3.05, 3.63) is 29.8 Å². The fourth-order valence-corrected chi connectivity index (χ4v) is 2.56. The number of amides is 2. The zero-order valence-corrected chi connectivity index (χ0v) is 11.9. The summed E-state index contributed by atoms with van der Waals surface area (Å²) in [4.78, 5) is 25.2. The molecule has 0 aromatic heterocycles. The molecular formula is C13H13F3N2O2S. The maximum Gasteiger partial charge on any atom is 0.446 e. The molecule has 8 heteroatoms. The molecule has 0 bridgehead atoms. The van der Waals surface area contributed by atoms with Gasteiger partial charge >= 0.3 is 5.51 Å². The SMILES string of the molecule is CC1C(=O)NCCN1C(=O)c1ccc(SC(F)(F)F)cc1. The van der Waals surface area contributed by atoms with Gasteiger partial charge in [-0.3, -0.25) is 9.59 Å². The van der Waals surface area contributed by atoms with Crippen LogP contribution in [0.25, 0.3) is 0 Å². The van der Waals surface area contributed by atoms with Crippen LogP contribution in [0.4, 0.5) is 13.2 Å². The molecule has 2 rings (SSSR count). The number of hydrogen-bond donors (Lipinski definition) is 1. The van der Waals surface area contributed by atoms with Crippen LogP contribution in [0.1, 0.15) is 17.3 Å². The Labute approximate surface area is 123 Å². The van der Waals surface area contributed by atoms with Crippen molar-refractivity contribution < 1.29 is 22.8 Å². The standard InChI is InChI=1S/C13H13F3N2O2S/c1-8-11(19)17-6-7-18(8)12(20)9-2-4-10(5-3-9)21-13(14,15)16/h2-5,8H,6-7H2,1H3,(H,17,19). The normalized spacial score (nSPS) is 19.3. The van der Waals surface area contributed by atoms with E-state index in [0.717, 1.165) is 0 Å². The number of benzene rings is 1. The van der Waals surface area contributed by atoms with Crippen molar-refractivity contribution in [3.63, 3.8) is 0 Å². The van der Waals surface area contributed by atoms with Crippen molar-refractivity contribution >= 4 is 23.6 Å². The van der Waals surface area contributed by atoms with Crippen LogP contribution in [0.5, 0.6) is 0 Å². The number of nitrogens with zero attached hydrogens (tertiary/aromatic N) is 1. The van der Waals surface area contributed by atoms with Gasteiger partial charge in [0.1, 0.15) is 6.04 Å². The Hall–Kier alpha value is -1.70. The molecule has 0 saturated carbocycles. The number of carbonyl (C=O) groups is 2. The van der Waals surface area contributed by atoms with Crippen molar-refractivity contribution in [2.75, 3.05) is 13.1 Å². The average Bonchev–Trinajstić information content (AvgIpc) is 2.40. The second-order valence-electron chi connectivity index (χ2n) is 4.54. The summed E-state index contributed by atoms with van der Waals surface area (Å²) < 4.78 is 36.7. The highest BCUT2D eigenvalue weighted by atomic mass is 32.2. The number of hydrogen-bond acceptors (Lipinski definition) is 3. The molecule has 1 N–H and O–H groups in total. The second kappa shape index (κ2) is 5.97. The molecule has 0 radical (unpaired) electrons. The van der Waals surface area contributed by atoms with Crippen LogP contribution >= 0.6 is 11.8 Å². The molecule has 0 aliphatic carbocycles. The summed E-state index contributed by atoms with van der Waals surface area (Å²) in [5.74, 6) is -0.597. The number of alkyl halides is 3. The van der Waals surface area contributed by atoms with E-state index in [1.165, 1.54) is 29.2 Å². The lowest BCUT2D eigenvalue weighted by molar-refractivity contribution is -0.127. The minimum Gasteiger partial charge on any atom is -0.353 e. The highest BCUT2D eigenvalue weighted by Gasteiger charge is 2.31. The molecule has 2 amide bonds. The first-order chi connectivity index (χ1) is 9.78. The van der Waals surface area contributed by atoms with Gasteiger partial charge in [0.25, 0.3) is 5.91 Å². The Bertz CT molecular complexity index is 545. The molecule has 1 atom stereocenters. The molecule has 1 aliphatic heterocycles. The largest absolute Gasteiger partial charge is 0.446 e. The van der Waals surface area contributed by atoms with Gasteiger partial charge in [-0.05, 0) is 43.0 Å². The number of thioether (sulfide) groups is 1. The molecule has 1 unspecified atom stereocenters. The fraction of sp³-hybridized carbons (Fsp3) is 0.385. The Balaban J connectivity index is 2.11. The van der Waals surface area contributed by atoms with Crippen molar-refractivity contribution in [1.82, 2.24) is 10.2 Å². The monoisotopic (exact) mass is 318 g/mol. The summed E-state index contributed by atoms with van der Waals surface area (Å²) in [7, 11) is 0. The molecule has 0 spiro atoms. The van der Waals surface area contributed by atoms with Gasteiger partial charge < -0.3 is 10.2 Å². The molecule has 1 fully saturated rings. The smallest absolute Gasteiger partial charge is 0.353 e. The Morgan fingerprint density at radius 1 is 1.33 bits per heavy atom. The van der Waals surface area contributed by atoms with Crippen molar-refractivity contribution in [3.8, 4) is 0 Å². The quantitative estimate of drug-likeness (QED) is 0.851. The minimum absolute atomic E-state index is 0.0171. The van der Waals surface area contributed by atoms with E-state index < -0.39 is 11.6 Å². The third kappa shape index (κ3) is 3.90. The third-order valence-electron chi connectivity index (χ3n) is 3.09. The second-order valence-corrected chi connectivity index (χ2v) is 5.68. The van der Waals surface area contributed by atoms with E-state index in [1.807, 2.05) is 0 Å². The van der Waals surface area contributed by atoms with Crippen LogP contribution in [0.3, 0.4) is 0 Å². The summed E-state index contributed by atoms with van der Waals surface area (Å²) in [6.07, 6.45) is 0. The number of halogens is 3. The first-order valence-corrected chi connectivity index (χ1v) is 7.04. The number of piperazine rings is 1. The zero-order valence-electron chi connectivity index (χ0n) is 11.1. The van der Waals surface area contributed by atoms with E-state index in [9.17, 15) is 22.8 Å². The van der Waals surface area contributed by atoms with E-state index in [1.54, 1.807) is 6.92 Å². The van der Waals surface area contributed by atoms with Gasteiger partial charge in [-0.15, -0.1) is 0 Å². The van der Waals surface area contributed by atoms with Crippen LogP contribution in [-0.4, -0.2) is 41.4 Å². The van der Waals surface area contributed by atoms with E-state index in [0.29, 0.717) is 13.1 Å². The molecule has 1 aromatic rings. The lowest BCUT2D eigenvalue weighted by Crippen LogP contribution is -2.55. The molecule has 114 valence electrons. The fourth-order valence-electron chi connectivity index (χ4n) is 2.02. The number of nitrogens with one attached hydrogen (secondary N) is 1. The van der Waals surface area contributed by atoms with E-state index in [4.69, 9.17) is 0 Å². The molecule has 1 aromatic carbocycles. The van der Waals surface area contributed by atoms with Crippen molar-refractivity contribution in [1.29, 1.82) is 0 Å². The van der Waals surface area contributed by atoms with Crippen molar-refractivity contribution in [2.24, 2.45) is 0 Å². The molecule has 1 heterocycles. The first kappa shape index (κ1) is 15.7. The van der Waals surface area contributed by atoms with Gasteiger partial charge in [0, 0.05) is 23.5 Å². The summed E-state index contributed by atoms with van der Waals surface area (Å²) >= 11 is -0.231. The van der Waals surface area contributed by atoms with E-state index in [-0.39, 0.29) is 34.0 Å². The van der Waals surface area contributed by atoms with Gasteiger partial charge in [0.05, 0.1) is 0 Å². The summed E-state index contributed by atoms with van der Waals surface area (Å²) in [5.41, 5.74) is -4.09. The summed E-state index contributed by atoms with van der Waals surface area (Å²) in [6.45, 7) is 2.36. The summed E-state index contributed by atoms with van der Waals surface area (Å²) in [5, 5.41) is 2.64. The molecule has 1 aliphatic rings. The molecule has 21 heavy (non-hydrogen) atoms. The van der Waals surface area contributed by atoms with Gasteiger partial charge in [-0.1, -0.05) is 0 Å². The van der Waals surface area contributed by atoms with Crippen LogP contribution in [0.2, 0.25) is 0 Å². The maximum atomic E-state index is 12.3. The lowest BCUT2D eigenvalue weighted by atomic mass is 10.1. The molecule has 1 saturated heterocycles. The minimum atomic E-state index is -4.36. The number of carbonyl (C=O) groups excluding carboxylic acids is 2. The van der Waals surface area contributed by atoms with Gasteiger partial charge in [-0.25, -0.2) is 0 Å². The lowest BCUT2D eigenvalue weighted by Gasteiger charge is -2.32. The van der Waals surface area contributed by atoms with Gasteiger partial charge in [0.15, 0.2) is 0 Å². The van der Waals surface area contributed by atoms with Crippen LogP contribution in [-0.2, 0) is 4.79 Å². The van der Waals surface area contributed by atoms with Gasteiger partial charge in [0.2, 0.25) is 5.91 Å². The predicted octanol–water partition coefficient (Wildman–Crippen LogP) is 2.26. The number of rotatable bonds is 2. The Morgan fingerprint density at radius 2 is 1.95 bits per heavy atom. The van der Waals surface area contributed by atoms with Gasteiger partial charge in [-0.2, -0.15) is 13.2 Å². The Kier molecular flexibility index (Phi) is 4.46. The average molecular weight is 318 g/mol. The van der Waals surface area contributed by atoms with E-state index >= 15 is 0 Å². The van der Waals surface area contributed by atoms with E-state index in [2.05, 4.69) is 5.32 Å². The molecule has 4 nitrogen and oxygen atoms in total. The van der Waals surface area contributed by atoms with Crippen LogP contribution < -0.4 is 5.32 Å². The summed E-state index contributed by atoms with van der Waals surface area (Å²) in [6, 6.07) is 4.60. The van der Waals surface area contributed by atoms with Crippen LogP contribution in [0.15, 0.2) is 29.2 Å². The predicted molar refractivity (Wildman–Crippen MR) is 71.9 cm³/mol.